The van der Waals surface area contributed by atoms with E-state index in [1.54, 1.807) is 31.4 Å². The van der Waals surface area contributed by atoms with Crippen LogP contribution in [0, 0.1) is 0 Å². The molecule has 0 aliphatic heterocycles. The number of rotatable bonds is 5. The Hall–Kier alpha value is -2.76. The molecular formula is C14H13NO5. The zero-order chi connectivity index (χ0) is 14.5. The van der Waals surface area contributed by atoms with E-state index in [9.17, 15) is 14.8 Å². The molecule has 0 saturated carbocycles. The van der Waals surface area contributed by atoms with Gasteiger partial charge < -0.3 is 14.7 Å². The third-order valence-electron chi connectivity index (χ3n) is 2.70. The summed E-state index contributed by atoms with van der Waals surface area (Å²) in [7, 11) is 1.57. The van der Waals surface area contributed by atoms with Crippen molar-refractivity contribution in [3.63, 3.8) is 0 Å². The Morgan fingerprint density at radius 3 is 2.60 bits per heavy atom. The first kappa shape index (κ1) is 13.7. The maximum atomic E-state index is 11.6. The first-order valence-corrected chi connectivity index (χ1v) is 5.81. The van der Waals surface area contributed by atoms with Crippen LogP contribution in [-0.2, 0) is 6.61 Å². The molecule has 0 amide bonds. The molecule has 0 aliphatic carbocycles. The van der Waals surface area contributed by atoms with Gasteiger partial charge in [0.1, 0.15) is 18.1 Å². The Bertz CT molecular complexity index is 660. The third kappa shape index (κ3) is 2.97. The van der Waals surface area contributed by atoms with Crippen LogP contribution in [-0.4, -0.2) is 23.3 Å². The highest BCUT2D eigenvalue weighted by Crippen LogP contribution is 2.13. The molecule has 0 fully saturated rings. The van der Waals surface area contributed by atoms with E-state index >= 15 is 0 Å². The summed E-state index contributed by atoms with van der Waals surface area (Å²) in [6.07, 6.45) is 1.45. The van der Waals surface area contributed by atoms with Crippen LogP contribution in [0.25, 0.3) is 0 Å². The molecule has 1 heterocycles. The molecule has 0 atom stereocenters. The topological polar surface area (TPSA) is 77.8 Å². The maximum absolute atomic E-state index is 11.6. The third-order valence-corrected chi connectivity index (χ3v) is 2.70. The lowest BCUT2D eigenvalue weighted by molar-refractivity contribution is 0.106. The van der Waals surface area contributed by atoms with Gasteiger partial charge in [0.25, 0.3) is 0 Å². The molecule has 1 N–H and O–H groups in total. The van der Waals surface area contributed by atoms with Crippen molar-refractivity contribution in [2.75, 3.05) is 7.11 Å². The Balaban J connectivity index is 2.12. The summed E-state index contributed by atoms with van der Waals surface area (Å²) >= 11 is 0. The fourth-order valence-electron chi connectivity index (χ4n) is 1.60. The first-order valence-electron chi connectivity index (χ1n) is 5.81. The zero-order valence-corrected chi connectivity index (χ0v) is 10.8. The summed E-state index contributed by atoms with van der Waals surface area (Å²) in [5.41, 5.74) is 0.242. The molecule has 2 aromatic rings. The van der Waals surface area contributed by atoms with Crippen molar-refractivity contribution in [2.45, 2.75) is 6.61 Å². The number of hydrogen-bond donors (Lipinski definition) is 1. The van der Waals surface area contributed by atoms with Crippen molar-refractivity contribution >= 4 is 6.29 Å². The summed E-state index contributed by atoms with van der Waals surface area (Å²) in [6.45, 7) is 0.166. The van der Waals surface area contributed by atoms with Gasteiger partial charge in [0.05, 0.1) is 13.3 Å². The number of carbonyl (C=O) groups is 1. The summed E-state index contributed by atoms with van der Waals surface area (Å²) in [5, 5.41) is 9.43. The van der Waals surface area contributed by atoms with Gasteiger partial charge >= 0.3 is 0 Å². The van der Waals surface area contributed by atoms with Crippen LogP contribution in [0.4, 0.5) is 0 Å². The molecule has 104 valence electrons. The molecule has 6 heteroatoms. The van der Waals surface area contributed by atoms with E-state index in [0.29, 0.717) is 11.0 Å². The molecule has 0 spiro atoms. The van der Waals surface area contributed by atoms with Gasteiger partial charge in [-0.2, -0.15) is 4.73 Å². The van der Waals surface area contributed by atoms with Crippen LogP contribution >= 0.6 is 0 Å². The summed E-state index contributed by atoms with van der Waals surface area (Å²) in [6, 6.07) is 8.17. The van der Waals surface area contributed by atoms with Crippen LogP contribution in [0.15, 0.2) is 41.3 Å². The number of carbonyl (C=O) groups excluding carboxylic acids is 1. The average molecular weight is 275 g/mol. The van der Waals surface area contributed by atoms with Crippen molar-refractivity contribution in [3.05, 3.63) is 58.0 Å². The second-order valence-corrected chi connectivity index (χ2v) is 4.03. The molecule has 20 heavy (non-hydrogen) atoms. The van der Waals surface area contributed by atoms with E-state index in [1.807, 2.05) is 0 Å². The zero-order valence-electron chi connectivity index (χ0n) is 10.8. The number of benzene rings is 1. The number of nitrogens with zero attached hydrogens (tertiary/aromatic N) is 1. The normalized spacial score (nSPS) is 10.1. The van der Waals surface area contributed by atoms with E-state index in [2.05, 4.69) is 0 Å². The number of ether oxygens (including phenoxy) is 2. The quantitative estimate of drug-likeness (QED) is 0.660. The van der Waals surface area contributed by atoms with E-state index < -0.39 is 5.43 Å². The smallest absolute Gasteiger partial charge is 0.224 e. The molecule has 0 bridgehead atoms. The maximum Gasteiger partial charge on any atom is 0.224 e. The van der Waals surface area contributed by atoms with Gasteiger partial charge in [-0.05, 0) is 17.7 Å². The van der Waals surface area contributed by atoms with Gasteiger partial charge in [0.15, 0.2) is 12.0 Å². The van der Waals surface area contributed by atoms with Gasteiger partial charge in [-0.1, -0.05) is 12.1 Å². The minimum absolute atomic E-state index is 0.0334. The van der Waals surface area contributed by atoms with Gasteiger partial charge in [0, 0.05) is 6.07 Å². The largest absolute Gasteiger partial charge is 0.497 e. The molecule has 0 aliphatic rings. The van der Waals surface area contributed by atoms with Crippen LogP contribution in [0.3, 0.4) is 0 Å². The molecule has 1 aromatic heterocycles. The van der Waals surface area contributed by atoms with Crippen molar-refractivity contribution in [2.24, 2.45) is 0 Å². The molecule has 2 rings (SSSR count). The highest BCUT2D eigenvalue weighted by Gasteiger charge is 2.07. The van der Waals surface area contributed by atoms with E-state index in [4.69, 9.17) is 9.47 Å². The van der Waals surface area contributed by atoms with E-state index in [1.165, 1.54) is 0 Å². The summed E-state index contributed by atoms with van der Waals surface area (Å²) in [4.78, 5) is 22.2. The highest BCUT2D eigenvalue weighted by atomic mass is 16.5. The fraction of sp³-hybridized carbons (Fsp3) is 0.143. The van der Waals surface area contributed by atoms with Gasteiger partial charge in [-0.15, -0.1) is 0 Å². The minimum atomic E-state index is -0.467. The fourth-order valence-corrected chi connectivity index (χ4v) is 1.60. The predicted molar refractivity (Wildman–Crippen MR) is 70.6 cm³/mol. The summed E-state index contributed by atoms with van der Waals surface area (Å²) < 4.78 is 10.9. The molecule has 0 unspecified atom stereocenters. The van der Waals surface area contributed by atoms with Crippen LogP contribution in [0.5, 0.6) is 11.5 Å². The van der Waals surface area contributed by atoms with Crippen LogP contribution in [0.2, 0.25) is 0 Å². The predicted octanol–water partition coefficient (Wildman–Crippen LogP) is 1.49. The number of aldehydes is 1. The van der Waals surface area contributed by atoms with Gasteiger partial charge in [0.2, 0.25) is 5.43 Å². The number of aromatic nitrogens is 1. The molecule has 0 radical (unpaired) electrons. The second kappa shape index (κ2) is 5.92. The van der Waals surface area contributed by atoms with Crippen molar-refractivity contribution < 1.29 is 19.5 Å². The second-order valence-electron chi connectivity index (χ2n) is 4.03. The lowest BCUT2D eigenvalue weighted by atomic mass is 10.2. The van der Waals surface area contributed by atoms with Crippen LogP contribution < -0.4 is 14.9 Å². The van der Waals surface area contributed by atoms with Crippen molar-refractivity contribution in [3.8, 4) is 11.5 Å². The number of pyridine rings is 1. The number of methoxy groups -OCH3 is 1. The Morgan fingerprint density at radius 2 is 2.00 bits per heavy atom. The number of hydrogen-bond acceptors (Lipinski definition) is 5. The standard InChI is InChI=1S/C14H13NO5/c1-19-12-4-2-10(3-5-12)9-20-14-7-15(18)11(8-16)6-13(14)17/h2-8,18H,9H2,1H3. The molecule has 6 nitrogen and oxygen atoms in total. The molecular weight excluding hydrogens is 262 g/mol. The Kier molecular flexibility index (Phi) is 4.05. The SMILES string of the molecule is COc1ccc(COc2cn(O)c(C=O)cc2=O)cc1. The molecule has 1 aromatic carbocycles. The van der Waals surface area contributed by atoms with E-state index in [-0.39, 0.29) is 18.1 Å². The lowest BCUT2D eigenvalue weighted by Crippen LogP contribution is -2.13. The molecule has 0 saturated heterocycles. The highest BCUT2D eigenvalue weighted by molar-refractivity contribution is 5.71. The van der Waals surface area contributed by atoms with Gasteiger partial charge in [-0.3, -0.25) is 9.59 Å². The van der Waals surface area contributed by atoms with Crippen molar-refractivity contribution in [1.82, 2.24) is 4.73 Å². The van der Waals surface area contributed by atoms with Crippen molar-refractivity contribution in [1.29, 1.82) is 0 Å². The lowest BCUT2D eigenvalue weighted by Gasteiger charge is -2.08. The van der Waals surface area contributed by atoms with Crippen LogP contribution in [0.1, 0.15) is 16.1 Å². The van der Waals surface area contributed by atoms with Gasteiger partial charge in [-0.25, -0.2) is 0 Å². The van der Waals surface area contributed by atoms with E-state index in [0.717, 1.165) is 23.6 Å². The first-order chi connectivity index (χ1) is 9.63. The Labute approximate surface area is 114 Å². The summed E-state index contributed by atoms with van der Waals surface area (Å²) in [5.74, 6) is 0.690. The Morgan fingerprint density at radius 1 is 1.30 bits per heavy atom. The average Bonchev–Trinajstić information content (AvgIpc) is 2.48. The minimum Gasteiger partial charge on any atom is -0.497 e. The monoisotopic (exact) mass is 275 g/mol.